The molecule has 1 amide bonds. The van der Waals surface area contributed by atoms with Crippen LogP contribution in [-0.2, 0) is 6.42 Å². The minimum atomic E-state index is -0.489. The van der Waals surface area contributed by atoms with E-state index in [0.29, 0.717) is 12.1 Å². The van der Waals surface area contributed by atoms with Crippen LogP contribution in [0.25, 0.3) is 0 Å². The maximum atomic E-state index is 12.9. The van der Waals surface area contributed by atoms with Gasteiger partial charge in [-0.1, -0.05) is 30.3 Å². The van der Waals surface area contributed by atoms with E-state index < -0.39 is 5.66 Å². The molecule has 2 N–H and O–H groups in total. The van der Waals surface area contributed by atoms with Crippen molar-refractivity contribution in [3.63, 3.8) is 0 Å². The summed E-state index contributed by atoms with van der Waals surface area (Å²) in [5.74, 6) is 0.288. The van der Waals surface area contributed by atoms with Crippen LogP contribution in [0.1, 0.15) is 29.3 Å². The molecule has 1 aliphatic rings. The first kappa shape index (κ1) is 16.1. The summed E-state index contributed by atoms with van der Waals surface area (Å²) in [5, 5.41) is 12.9. The van der Waals surface area contributed by atoms with Gasteiger partial charge in [-0.2, -0.15) is 0 Å². The second-order valence-corrected chi connectivity index (χ2v) is 6.32. The number of amides is 1. The molecule has 1 atom stereocenters. The maximum Gasteiger partial charge on any atom is 0.258 e. The van der Waals surface area contributed by atoms with E-state index in [0.717, 1.165) is 24.1 Å². The zero-order valence-electron chi connectivity index (χ0n) is 13.8. The predicted octanol–water partition coefficient (Wildman–Crippen LogP) is 3.79. The SMILES string of the molecule is C=CCN1C(=O)c2ccccc2N[C@]1(C)CCc1ccc(O)cc1. The van der Waals surface area contributed by atoms with Crippen LogP contribution < -0.4 is 5.32 Å². The molecule has 0 fully saturated rings. The molecule has 2 aromatic carbocycles. The summed E-state index contributed by atoms with van der Waals surface area (Å²) in [6.45, 7) is 6.33. The lowest BCUT2D eigenvalue weighted by atomic mass is 9.94. The van der Waals surface area contributed by atoms with Gasteiger partial charge in [-0.3, -0.25) is 4.79 Å². The highest BCUT2D eigenvalue weighted by Crippen LogP contribution is 2.33. The molecule has 0 spiro atoms. The Labute approximate surface area is 142 Å². The zero-order chi connectivity index (χ0) is 17.2. The molecule has 2 aromatic rings. The quantitative estimate of drug-likeness (QED) is 0.823. The van der Waals surface area contributed by atoms with Crippen LogP contribution >= 0.6 is 0 Å². The van der Waals surface area contributed by atoms with Crippen molar-refractivity contribution in [2.24, 2.45) is 0 Å². The molecule has 4 heteroatoms. The number of phenolic OH excluding ortho intramolecular Hbond substituents is 1. The van der Waals surface area contributed by atoms with Gasteiger partial charge in [0.2, 0.25) is 0 Å². The van der Waals surface area contributed by atoms with Crippen molar-refractivity contribution in [3.8, 4) is 5.75 Å². The molecule has 0 bridgehead atoms. The number of carbonyl (C=O) groups excluding carboxylic acids is 1. The summed E-state index contributed by atoms with van der Waals surface area (Å²) < 4.78 is 0. The van der Waals surface area contributed by atoms with E-state index in [1.165, 1.54) is 0 Å². The summed E-state index contributed by atoms with van der Waals surface area (Å²) in [7, 11) is 0. The lowest BCUT2D eigenvalue weighted by Gasteiger charge is -2.46. The summed E-state index contributed by atoms with van der Waals surface area (Å²) in [5.41, 5.74) is 2.20. The van der Waals surface area contributed by atoms with Gasteiger partial charge in [-0.15, -0.1) is 6.58 Å². The average Bonchev–Trinajstić information content (AvgIpc) is 2.58. The number of aryl methyl sites for hydroxylation is 1. The molecule has 0 radical (unpaired) electrons. The Morgan fingerprint density at radius 1 is 1.21 bits per heavy atom. The third-order valence-corrected chi connectivity index (χ3v) is 4.55. The Hall–Kier alpha value is -2.75. The van der Waals surface area contributed by atoms with Gasteiger partial charge >= 0.3 is 0 Å². The van der Waals surface area contributed by atoms with Crippen molar-refractivity contribution < 1.29 is 9.90 Å². The van der Waals surface area contributed by atoms with Crippen LogP contribution in [-0.4, -0.2) is 28.1 Å². The number of fused-ring (bicyclic) bond motifs is 1. The molecule has 4 nitrogen and oxygen atoms in total. The number of anilines is 1. The molecule has 0 unspecified atom stereocenters. The molecule has 0 saturated carbocycles. The standard InChI is InChI=1S/C20H22N2O2/c1-3-14-22-19(24)17-6-4-5-7-18(17)21-20(22,2)13-12-15-8-10-16(23)11-9-15/h3-11,21,23H,1,12-14H2,2H3/t20-/m0/s1. The van der Waals surface area contributed by atoms with Gasteiger partial charge in [-0.05, 0) is 49.6 Å². The average molecular weight is 322 g/mol. The van der Waals surface area contributed by atoms with Gasteiger partial charge in [0.1, 0.15) is 11.4 Å². The van der Waals surface area contributed by atoms with Gasteiger partial charge in [0.15, 0.2) is 0 Å². The highest BCUT2D eigenvalue weighted by atomic mass is 16.3. The Morgan fingerprint density at radius 3 is 2.62 bits per heavy atom. The Morgan fingerprint density at radius 2 is 1.92 bits per heavy atom. The van der Waals surface area contributed by atoms with Crippen molar-refractivity contribution in [2.75, 3.05) is 11.9 Å². The van der Waals surface area contributed by atoms with E-state index in [4.69, 9.17) is 0 Å². The number of carbonyl (C=O) groups is 1. The zero-order valence-corrected chi connectivity index (χ0v) is 13.8. The Bertz CT molecular complexity index is 754. The highest BCUT2D eigenvalue weighted by Gasteiger charge is 2.39. The number of hydrogen-bond acceptors (Lipinski definition) is 3. The molecule has 1 aliphatic heterocycles. The van der Waals surface area contributed by atoms with E-state index in [9.17, 15) is 9.90 Å². The molecular formula is C20H22N2O2. The molecule has 0 aliphatic carbocycles. The highest BCUT2D eigenvalue weighted by molar-refractivity contribution is 6.02. The molecule has 1 heterocycles. The van der Waals surface area contributed by atoms with Crippen LogP contribution in [0, 0.1) is 0 Å². The van der Waals surface area contributed by atoms with Gasteiger partial charge in [-0.25, -0.2) is 0 Å². The fraction of sp³-hybridized carbons (Fsp3) is 0.250. The maximum absolute atomic E-state index is 12.9. The molecular weight excluding hydrogens is 300 g/mol. The second-order valence-electron chi connectivity index (χ2n) is 6.32. The number of para-hydroxylation sites is 1. The summed E-state index contributed by atoms with van der Waals surface area (Å²) in [6.07, 6.45) is 3.31. The van der Waals surface area contributed by atoms with Gasteiger partial charge in [0.05, 0.1) is 5.56 Å². The number of nitrogens with one attached hydrogen (secondary N) is 1. The van der Waals surface area contributed by atoms with Crippen molar-refractivity contribution in [1.82, 2.24) is 4.90 Å². The third kappa shape index (κ3) is 3.00. The fourth-order valence-corrected chi connectivity index (χ4v) is 3.17. The van der Waals surface area contributed by atoms with E-state index >= 15 is 0 Å². The van der Waals surface area contributed by atoms with Crippen LogP contribution in [0.3, 0.4) is 0 Å². The fourth-order valence-electron chi connectivity index (χ4n) is 3.17. The molecule has 3 rings (SSSR count). The summed E-state index contributed by atoms with van der Waals surface area (Å²) in [6, 6.07) is 14.8. The summed E-state index contributed by atoms with van der Waals surface area (Å²) >= 11 is 0. The van der Waals surface area contributed by atoms with Crippen LogP contribution in [0.5, 0.6) is 5.75 Å². The van der Waals surface area contributed by atoms with E-state index in [-0.39, 0.29) is 11.7 Å². The van der Waals surface area contributed by atoms with Crippen molar-refractivity contribution >= 4 is 11.6 Å². The topological polar surface area (TPSA) is 52.6 Å². The lowest BCUT2D eigenvalue weighted by molar-refractivity contribution is 0.0562. The van der Waals surface area contributed by atoms with Crippen molar-refractivity contribution in [2.45, 2.75) is 25.4 Å². The lowest BCUT2D eigenvalue weighted by Crippen LogP contribution is -2.58. The third-order valence-electron chi connectivity index (χ3n) is 4.55. The Balaban J connectivity index is 1.86. The number of hydrogen-bond donors (Lipinski definition) is 2. The second kappa shape index (κ2) is 6.40. The number of benzene rings is 2. The molecule has 24 heavy (non-hydrogen) atoms. The van der Waals surface area contributed by atoms with Crippen molar-refractivity contribution in [3.05, 3.63) is 72.3 Å². The van der Waals surface area contributed by atoms with E-state index in [1.54, 1.807) is 18.2 Å². The largest absolute Gasteiger partial charge is 0.508 e. The minimum absolute atomic E-state index is 0.0254. The number of aromatic hydroxyl groups is 1. The summed E-state index contributed by atoms with van der Waals surface area (Å²) in [4.78, 5) is 14.7. The molecule has 0 saturated heterocycles. The number of nitrogens with zero attached hydrogens (tertiary/aromatic N) is 1. The first-order valence-electron chi connectivity index (χ1n) is 8.11. The monoisotopic (exact) mass is 322 g/mol. The first-order valence-corrected chi connectivity index (χ1v) is 8.11. The first-order chi connectivity index (χ1) is 11.5. The predicted molar refractivity (Wildman–Crippen MR) is 96.1 cm³/mol. The van der Waals surface area contributed by atoms with Crippen molar-refractivity contribution in [1.29, 1.82) is 0 Å². The smallest absolute Gasteiger partial charge is 0.258 e. The van der Waals surface area contributed by atoms with Gasteiger partial charge in [0.25, 0.3) is 5.91 Å². The molecule has 0 aromatic heterocycles. The van der Waals surface area contributed by atoms with E-state index in [2.05, 4.69) is 11.9 Å². The normalized spacial score (nSPS) is 19.5. The van der Waals surface area contributed by atoms with Crippen LogP contribution in [0.15, 0.2) is 61.2 Å². The van der Waals surface area contributed by atoms with Gasteiger partial charge < -0.3 is 15.3 Å². The van der Waals surface area contributed by atoms with Crippen LogP contribution in [0.4, 0.5) is 5.69 Å². The Kier molecular flexibility index (Phi) is 4.30. The number of rotatable bonds is 5. The molecule has 124 valence electrons. The number of phenols is 1. The van der Waals surface area contributed by atoms with Gasteiger partial charge in [0, 0.05) is 12.2 Å². The minimum Gasteiger partial charge on any atom is -0.508 e. The van der Waals surface area contributed by atoms with Crippen LogP contribution in [0.2, 0.25) is 0 Å². The van der Waals surface area contributed by atoms with E-state index in [1.807, 2.05) is 48.2 Å².